The number of carbonyl (C=O) groups excluding carboxylic acids is 1. The summed E-state index contributed by atoms with van der Waals surface area (Å²) < 4.78 is 11.1. The fourth-order valence-corrected chi connectivity index (χ4v) is 2.65. The summed E-state index contributed by atoms with van der Waals surface area (Å²) in [7, 11) is 0. The molecule has 0 atom stereocenters. The van der Waals surface area contributed by atoms with E-state index >= 15 is 0 Å². The zero-order valence-electron chi connectivity index (χ0n) is 15.1. The highest BCUT2D eigenvalue weighted by molar-refractivity contribution is 5.96. The van der Waals surface area contributed by atoms with Crippen LogP contribution in [0.3, 0.4) is 0 Å². The molecule has 5 heteroatoms. The maximum atomic E-state index is 12.9. The first-order valence-electron chi connectivity index (χ1n) is 8.30. The van der Waals surface area contributed by atoms with E-state index in [1.165, 1.54) is 6.07 Å². The van der Waals surface area contributed by atoms with Crippen LogP contribution < -0.4 is 5.43 Å². The van der Waals surface area contributed by atoms with Crippen molar-refractivity contribution in [2.45, 2.75) is 34.6 Å². The third-order valence-electron chi connectivity index (χ3n) is 4.24. The molecular formula is C20H21NO4. The highest BCUT2D eigenvalue weighted by Gasteiger charge is 2.18. The molecule has 0 saturated heterocycles. The van der Waals surface area contributed by atoms with E-state index in [1.54, 1.807) is 6.92 Å². The molecule has 0 aliphatic carbocycles. The van der Waals surface area contributed by atoms with Crippen molar-refractivity contribution in [2.24, 2.45) is 5.92 Å². The number of aryl methyl sites for hydroxylation is 3. The lowest BCUT2D eigenvalue weighted by Crippen LogP contribution is -2.14. The second-order valence-corrected chi connectivity index (χ2v) is 6.83. The van der Waals surface area contributed by atoms with Gasteiger partial charge in [0, 0.05) is 0 Å². The number of benzene rings is 1. The van der Waals surface area contributed by atoms with Gasteiger partial charge in [0.05, 0.1) is 28.6 Å². The molecular weight excluding hydrogens is 318 g/mol. The average molecular weight is 339 g/mol. The summed E-state index contributed by atoms with van der Waals surface area (Å²) in [5.74, 6) is -0.238. The van der Waals surface area contributed by atoms with Crippen molar-refractivity contribution in [3.8, 4) is 0 Å². The Labute approximate surface area is 145 Å². The van der Waals surface area contributed by atoms with E-state index in [2.05, 4.69) is 4.98 Å². The third kappa shape index (κ3) is 3.14. The van der Waals surface area contributed by atoms with Gasteiger partial charge in [-0.15, -0.1) is 0 Å². The van der Waals surface area contributed by atoms with E-state index < -0.39 is 5.97 Å². The Hall–Kier alpha value is -2.69. The number of hydrogen-bond acceptors (Lipinski definition) is 5. The highest BCUT2D eigenvalue weighted by Crippen LogP contribution is 2.22. The zero-order chi connectivity index (χ0) is 18.3. The lowest BCUT2D eigenvalue weighted by atomic mass is 10.0. The standard InChI is InChI=1S/C20H21NO4/c1-10(2)9-24-20(23)14-8-16-18(22)15-6-11(3)12(4)7-17(15)25-19(16)21-13(14)5/h6-8,10H,9H2,1-5H3. The zero-order valence-corrected chi connectivity index (χ0v) is 15.1. The predicted molar refractivity (Wildman–Crippen MR) is 97.1 cm³/mol. The fourth-order valence-electron chi connectivity index (χ4n) is 2.65. The molecule has 0 saturated carbocycles. The normalized spacial score (nSPS) is 11.4. The minimum Gasteiger partial charge on any atom is -0.462 e. The van der Waals surface area contributed by atoms with Gasteiger partial charge >= 0.3 is 5.97 Å². The number of ether oxygens (including phenoxy) is 1. The van der Waals surface area contributed by atoms with Crippen molar-refractivity contribution in [1.82, 2.24) is 4.98 Å². The molecule has 5 nitrogen and oxygen atoms in total. The molecule has 0 radical (unpaired) electrons. The first kappa shape index (κ1) is 17.1. The van der Waals surface area contributed by atoms with Gasteiger partial charge in [-0.2, -0.15) is 0 Å². The Balaban J connectivity index is 2.21. The summed E-state index contributed by atoms with van der Waals surface area (Å²) in [4.78, 5) is 29.5. The van der Waals surface area contributed by atoms with Gasteiger partial charge < -0.3 is 9.15 Å². The molecule has 0 fully saturated rings. The molecule has 2 heterocycles. The number of pyridine rings is 1. The van der Waals surface area contributed by atoms with Gasteiger partial charge in [-0.05, 0) is 56.0 Å². The summed E-state index contributed by atoms with van der Waals surface area (Å²) >= 11 is 0. The van der Waals surface area contributed by atoms with E-state index in [4.69, 9.17) is 9.15 Å². The van der Waals surface area contributed by atoms with E-state index in [-0.39, 0.29) is 22.4 Å². The van der Waals surface area contributed by atoms with Crippen molar-refractivity contribution in [1.29, 1.82) is 0 Å². The lowest BCUT2D eigenvalue weighted by Gasteiger charge is -2.10. The van der Waals surface area contributed by atoms with Gasteiger partial charge in [0.2, 0.25) is 11.1 Å². The molecule has 0 spiro atoms. The van der Waals surface area contributed by atoms with Crippen molar-refractivity contribution < 1.29 is 13.9 Å². The number of nitrogens with zero attached hydrogens (tertiary/aromatic N) is 1. The lowest BCUT2D eigenvalue weighted by molar-refractivity contribution is 0.0458. The Kier molecular flexibility index (Phi) is 4.33. The topological polar surface area (TPSA) is 69.4 Å². The highest BCUT2D eigenvalue weighted by atomic mass is 16.5. The van der Waals surface area contributed by atoms with Crippen LogP contribution in [-0.4, -0.2) is 17.6 Å². The smallest absolute Gasteiger partial charge is 0.340 e. The largest absolute Gasteiger partial charge is 0.462 e. The predicted octanol–water partition coefficient (Wildman–Crippen LogP) is 4.08. The van der Waals surface area contributed by atoms with E-state index in [1.807, 2.05) is 39.8 Å². The van der Waals surface area contributed by atoms with Crippen LogP contribution in [0.15, 0.2) is 27.4 Å². The van der Waals surface area contributed by atoms with Gasteiger partial charge in [-0.3, -0.25) is 4.79 Å². The minimum absolute atomic E-state index is 0.190. The molecule has 3 rings (SSSR count). The maximum Gasteiger partial charge on any atom is 0.340 e. The molecule has 0 bridgehead atoms. The van der Waals surface area contributed by atoms with Crippen LogP contribution in [0.4, 0.5) is 0 Å². The second kappa shape index (κ2) is 6.31. The van der Waals surface area contributed by atoms with Crippen LogP contribution in [0.1, 0.15) is 41.0 Å². The number of rotatable bonds is 3. The Morgan fingerprint density at radius 2 is 1.80 bits per heavy atom. The number of aromatic nitrogens is 1. The van der Waals surface area contributed by atoms with Gasteiger partial charge in [-0.1, -0.05) is 13.8 Å². The van der Waals surface area contributed by atoms with Crippen molar-refractivity contribution in [3.05, 3.63) is 50.8 Å². The summed E-state index contributed by atoms with van der Waals surface area (Å²) in [5.41, 5.74) is 3.37. The van der Waals surface area contributed by atoms with Crippen LogP contribution in [0.5, 0.6) is 0 Å². The third-order valence-corrected chi connectivity index (χ3v) is 4.24. The molecule has 0 N–H and O–H groups in total. The molecule has 25 heavy (non-hydrogen) atoms. The van der Waals surface area contributed by atoms with Crippen LogP contribution >= 0.6 is 0 Å². The molecule has 130 valence electrons. The van der Waals surface area contributed by atoms with E-state index in [0.717, 1.165) is 11.1 Å². The van der Waals surface area contributed by atoms with Gasteiger partial charge in [0.1, 0.15) is 5.58 Å². The molecule has 0 aliphatic heterocycles. The van der Waals surface area contributed by atoms with Gasteiger partial charge in [0.25, 0.3) is 0 Å². The van der Waals surface area contributed by atoms with Crippen molar-refractivity contribution in [2.75, 3.05) is 6.61 Å². The number of hydrogen-bond donors (Lipinski definition) is 0. The number of carbonyl (C=O) groups is 1. The molecule has 0 amide bonds. The van der Waals surface area contributed by atoms with Gasteiger partial charge in [-0.25, -0.2) is 9.78 Å². The van der Waals surface area contributed by atoms with Gasteiger partial charge in [0.15, 0.2) is 0 Å². The van der Waals surface area contributed by atoms with E-state index in [9.17, 15) is 9.59 Å². The molecule has 3 aromatic rings. The first-order valence-corrected chi connectivity index (χ1v) is 8.30. The number of esters is 1. The average Bonchev–Trinajstić information content (AvgIpc) is 2.54. The molecule has 2 aromatic heterocycles. The van der Waals surface area contributed by atoms with Crippen LogP contribution in [0.2, 0.25) is 0 Å². The summed E-state index contributed by atoms with van der Waals surface area (Å²) in [6.07, 6.45) is 0. The SMILES string of the molecule is Cc1cc2oc3nc(C)c(C(=O)OCC(C)C)cc3c(=O)c2cc1C. The summed E-state index contributed by atoms with van der Waals surface area (Å²) in [6.45, 7) is 9.86. The Morgan fingerprint density at radius 1 is 1.12 bits per heavy atom. The second-order valence-electron chi connectivity index (χ2n) is 6.83. The number of fused-ring (bicyclic) bond motifs is 2. The minimum atomic E-state index is -0.472. The van der Waals surface area contributed by atoms with Crippen molar-refractivity contribution >= 4 is 28.0 Å². The molecule has 0 unspecified atom stereocenters. The van der Waals surface area contributed by atoms with Crippen LogP contribution in [0.25, 0.3) is 22.1 Å². The monoisotopic (exact) mass is 339 g/mol. The van der Waals surface area contributed by atoms with Crippen LogP contribution in [0, 0.1) is 26.7 Å². The summed E-state index contributed by atoms with van der Waals surface area (Å²) in [5, 5.41) is 0.778. The summed E-state index contributed by atoms with van der Waals surface area (Å²) in [6, 6.07) is 5.18. The van der Waals surface area contributed by atoms with Crippen LogP contribution in [-0.2, 0) is 4.74 Å². The Bertz CT molecular complexity index is 1050. The molecule has 1 aromatic carbocycles. The van der Waals surface area contributed by atoms with E-state index in [0.29, 0.717) is 28.8 Å². The molecule has 0 aliphatic rings. The van der Waals surface area contributed by atoms with Crippen molar-refractivity contribution in [3.63, 3.8) is 0 Å². The fraction of sp³-hybridized carbons (Fsp3) is 0.350. The maximum absolute atomic E-state index is 12.9. The quantitative estimate of drug-likeness (QED) is 0.531. The first-order chi connectivity index (χ1) is 11.8. The Morgan fingerprint density at radius 3 is 2.48 bits per heavy atom.